The summed E-state index contributed by atoms with van der Waals surface area (Å²) in [6.07, 6.45) is 14.3. The number of hydrogen-bond acceptors (Lipinski definition) is 1. The smallest absolute Gasteiger partial charge is 0.316 e. The molecule has 1 heterocycles. The minimum atomic E-state index is -2.92. The van der Waals surface area contributed by atoms with E-state index in [0.29, 0.717) is 12.3 Å². The molecule has 4 heteroatoms. The van der Waals surface area contributed by atoms with E-state index in [1.54, 1.807) is 0 Å². The second-order valence-electron chi connectivity index (χ2n) is 9.21. The van der Waals surface area contributed by atoms with Gasteiger partial charge < -0.3 is 4.74 Å². The van der Waals surface area contributed by atoms with Gasteiger partial charge in [-0.2, -0.15) is 8.78 Å². The predicted molar refractivity (Wildman–Crippen MR) is 112 cm³/mol. The number of rotatable bonds is 6. The maximum absolute atomic E-state index is 13.9. The standard InChI is InChI=1S/C22H37F2IO/c1-2-3-4-5-16-6-8-17(9-7-16)18-10-12-19(13-11-18)20-14-15-21(25)22(23,24)26-20/h16-21H,2-15H2,1H3. The molecule has 1 aliphatic heterocycles. The van der Waals surface area contributed by atoms with Crippen molar-refractivity contribution in [2.45, 2.75) is 113 Å². The molecular weight excluding hydrogens is 445 g/mol. The van der Waals surface area contributed by atoms with Gasteiger partial charge in [-0.1, -0.05) is 68.0 Å². The third kappa shape index (κ3) is 5.55. The molecule has 2 saturated carbocycles. The van der Waals surface area contributed by atoms with E-state index in [2.05, 4.69) is 6.92 Å². The van der Waals surface area contributed by atoms with Crippen LogP contribution in [0.15, 0.2) is 0 Å². The average molecular weight is 482 g/mol. The van der Waals surface area contributed by atoms with Crippen LogP contribution in [0.5, 0.6) is 0 Å². The Labute approximate surface area is 172 Å². The van der Waals surface area contributed by atoms with Crippen molar-refractivity contribution in [1.82, 2.24) is 0 Å². The zero-order chi connectivity index (χ0) is 18.6. The summed E-state index contributed by atoms with van der Waals surface area (Å²) in [7, 11) is 0. The first-order chi connectivity index (χ1) is 12.5. The van der Waals surface area contributed by atoms with Gasteiger partial charge in [-0.05, 0) is 75.0 Å². The summed E-state index contributed by atoms with van der Waals surface area (Å²) in [6.45, 7) is 2.28. The lowest BCUT2D eigenvalue weighted by Crippen LogP contribution is -2.45. The molecule has 0 amide bonds. The molecule has 0 radical (unpaired) electrons. The Kier molecular flexibility index (Phi) is 8.05. The third-order valence-corrected chi connectivity index (χ3v) is 8.84. The molecule has 2 unspecified atom stereocenters. The van der Waals surface area contributed by atoms with Crippen LogP contribution in [-0.4, -0.2) is 16.1 Å². The summed E-state index contributed by atoms with van der Waals surface area (Å²) in [5, 5.41) is 0. The van der Waals surface area contributed by atoms with E-state index in [1.807, 2.05) is 22.6 Å². The lowest BCUT2D eigenvalue weighted by molar-refractivity contribution is -0.287. The molecule has 0 aromatic carbocycles. The Bertz CT molecular complexity index is 414. The van der Waals surface area contributed by atoms with E-state index >= 15 is 0 Å². The summed E-state index contributed by atoms with van der Waals surface area (Å²) in [4.78, 5) is 0. The zero-order valence-electron chi connectivity index (χ0n) is 16.4. The summed E-state index contributed by atoms with van der Waals surface area (Å²) in [5.41, 5.74) is 0. The molecule has 0 spiro atoms. The van der Waals surface area contributed by atoms with E-state index in [4.69, 9.17) is 4.74 Å². The highest BCUT2D eigenvalue weighted by Gasteiger charge is 2.47. The van der Waals surface area contributed by atoms with Gasteiger partial charge in [0.05, 0.1) is 6.10 Å². The molecule has 0 aromatic heterocycles. The van der Waals surface area contributed by atoms with Crippen LogP contribution < -0.4 is 0 Å². The van der Waals surface area contributed by atoms with Crippen molar-refractivity contribution in [3.05, 3.63) is 0 Å². The molecular formula is C22H37F2IO. The third-order valence-electron chi connectivity index (χ3n) is 7.49. The SMILES string of the molecule is CCCCCC1CCC(C2CCC(C3CCC(I)C(F)(F)O3)CC2)CC1. The fourth-order valence-corrected chi connectivity index (χ4v) is 6.27. The topological polar surface area (TPSA) is 9.23 Å². The maximum atomic E-state index is 13.9. The van der Waals surface area contributed by atoms with Gasteiger partial charge in [-0.3, -0.25) is 0 Å². The second kappa shape index (κ2) is 9.84. The minimum Gasteiger partial charge on any atom is -0.316 e. The van der Waals surface area contributed by atoms with Crippen LogP contribution in [0.1, 0.15) is 96.8 Å². The fourth-order valence-electron chi connectivity index (χ4n) is 5.76. The van der Waals surface area contributed by atoms with E-state index in [-0.39, 0.29) is 6.10 Å². The highest BCUT2D eigenvalue weighted by Crippen LogP contribution is 2.46. The predicted octanol–water partition coefficient (Wildman–Crippen LogP) is 7.75. The van der Waals surface area contributed by atoms with Crippen LogP contribution >= 0.6 is 22.6 Å². The molecule has 0 bridgehead atoms. The van der Waals surface area contributed by atoms with Gasteiger partial charge in [0.15, 0.2) is 0 Å². The van der Waals surface area contributed by atoms with Crippen molar-refractivity contribution in [2.75, 3.05) is 0 Å². The summed E-state index contributed by atoms with van der Waals surface area (Å²) in [5.74, 6) is 3.11. The molecule has 3 rings (SSSR count). The number of unbranched alkanes of at least 4 members (excludes halogenated alkanes) is 2. The summed E-state index contributed by atoms with van der Waals surface area (Å²) >= 11 is 1.85. The molecule has 0 aromatic rings. The Hall–Kier alpha value is 0.550. The van der Waals surface area contributed by atoms with Crippen molar-refractivity contribution in [3.63, 3.8) is 0 Å². The van der Waals surface area contributed by atoms with Crippen molar-refractivity contribution in [2.24, 2.45) is 23.7 Å². The van der Waals surface area contributed by atoms with Crippen LogP contribution in [0, 0.1) is 23.7 Å². The molecule has 26 heavy (non-hydrogen) atoms. The van der Waals surface area contributed by atoms with E-state index in [0.717, 1.165) is 37.0 Å². The van der Waals surface area contributed by atoms with Gasteiger partial charge in [0.2, 0.25) is 0 Å². The first-order valence-electron chi connectivity index (χ1n) is 11.2. The zero-order valence-corrected chi connectivity index (χ0v) is 18.6. The van der Waals surface area contributed by atoms with Gasteiger partial charge in [-0.25, -0.2) is 0 Å². The average Bonchev–Trinajstić information content (AvgIpc) is 2.65. The monoisotopic (exact) mass is 482 g/mol. The Morgan fingerprint density at radius 3 is 1.96 bits per heavy atom. The van der Waals surface area contributed by atoms with Gasteiger partial charge in [0, 0.05) is 0 Å². The Balaban J connectivity index is 1.38. The summed E-state index contributed by atoms with van der Waals surface area (Å²) < 4.78 is 32.4. The normalized spacial score (nSPS) is 41.1. The molecule has 1 saturated heterocycles. The van der Waals surface area contributed by atoms with Gasteiger partial charge in [0.25, 0.3) is 0 Å². The fraction of sp³-hybridized carbons (Fsp3) is 1.00. The van der Waals surface area contributed by atoms with E-state index < -0.39 is 10.0 Å². The highest BCUT2D eigenvalue weighted by atomic mass is 127. The Morgan fingerprint density at radius 2 is 1.38 bits per heavy atom. The molecule has 3 aliphatic rings. The number of ether oxygens (including phenoxy) is 1. The minimum absolute atomic E-state index is 0.203. The van der Waals surface area contributed by atoms with E-state index in [1.165, 1.54) is 64.2 Å². The van der Waals surface area contributed by atoms with Crippen LogP contribution in [0.2, 0.25) is 0 Å². The Morgan fingerprint density at radius 1 is 0.808 bits per heavy atom. The van der Waals surface area contributed by atoms with Gasteiger partial charge >= 0.3 is 6.11 Å². The largest absolute Gasteiger partial charge is 0.367 e. The van der Waals surface area contributed by atoms with Gasteiger partial charge in [-0.15, -0.1) is 0 Å². The van der Waals surface area contributed by atoms with Crippen molar-refractivity contribution in [3.8, 4) is 0 Å². The van der Waals surface area contributed by atoms with Crippen LogP contribution in [0.4, 0.5) is 8.78 Å². The van der Waals surface area contributed by atoms with E-state index in [9.17, 15) is 8.78 Å². The lowest BCUT2D eigenvalue weighted by atomic mass is 9.67. The lowest BCUT2D eigenvalue weighted by Gasteiger charge is -2.42. The number of halogens is 3. The van der Waals surface area contributed by atoms with Crippen molar-refractivity contribution >= 4 is 22.6 Å². The number of hydrogen-bond donors (Lipinski definition) is 0. The van der Waals surface area contributed by atoms with Gasteiger partial charge in [0.1, 0.15) is 3.92 Å². The molecule has 2 aliphatic carbocycles. The molecule has 2 atom stereocenters. The quantitative estimate of drug-likeness (QED) is 0.214. The molecule has 3 fully saturated rings. The molecule has 0 N–H and O–H groups in total. The van der Waals surface area contributed by atoms with Crippen molar-refractivity contribution < 1.29 is 13.5 Å². The maximum Gasteiger partial charge on any atom is 0.367 e. The molecule has 1 nitrogen and oxygen atoms in total. The first kappa shape index (κ1) is 21.3. The summed E-state index contributed by atoms with van der Waals surface area (Å²) in [6, 6.07) is 0. The second-order valence-corrected chi connectivity index (χ2v) is 10.7. The first-order valence-corrected chi connectivity index (χ1v) is 12.4. The van der Waals surface area contributed by atoms with Crippen LogP contribution in [0.25, 0.3) is 0 Å². The van der Waals surface area contributed by atoms with Crippen molar-refractivity contribution in [1.29, 1.82) is 0 Å². The molecule has 152 valence electrons. The highest BCUT2D eigenvalue weighted by molar-refractivity contribution is 14.1. The van der Waals surface area contributed by atoms with Crippen LogP contribution in [-0.2, 0) is 4.74 Å². The number of alkyl halides is 3. The van der Waals surface area contributed by atoms with Crippen LogP contribution in [0.3, 0.4) is 0 Å².